The van der Waals surface area contributed by atoms with Crippen LogP contribution in [-0.4, -0.2) is 9.97 Å². The van der Waals surface area contributed by atoms with Gasteiger partial charge in [-0.05, 0) is 11.1 Å². The second kappa shape index (κ2) is 4.37. The van der Waals surface area contributed by atoms with Gasteiger partial charge in [0.1, 0.15) is 11.6 Å². The number of benzene rings is 2. The molecule has 0 saturated carbocycles. The van der Waals surface area contributed by atoms with E-state index in [2.05, 4.69) is 28.2 Å². The van der Waals surface area contributed by atoms with E-state index in [0.717, 1.165) is 17.0 Å². The number of nitrogens with one attached hydrogen (secondary N) is 1. The van der Waals surface area contributed by atoms with Crippen LogP contribution in [0.5, 0.6) is 0 Å². The van der Waals surface area contributed by atoms with Crippen molar-refractivity contribution in [2.45, 2.75) is 0 Å². The lowest BCUT2D eigenvalue weighted by molar-refractivity contribution is 1.31. The van der Waals surface area contributed by atoms with Crippen LogP contribution < -0.4 is 5.73 Å². The zero-order valence-electron chi connectivity index (χ0n) is 9.80. The molecule has 3 heteroatoms. The zero-order chi connectivity index (χ0) is 12.4. The Morgan fingerprint density at radius 1 is 0.833 bits per heavy atom. The number of aromatic amines is 1. The predicted octanol–water partition coefficient (Wildman–Crippen LogP) is 3.33. The molecule has 3 nitrogen and oxygen atoms in total. The Bertz CT molecular complexity index is 656. The van der Waals surface area contributed by atoms with Crippen LogP contribution in [0.2, 0.25) is 0 Å². The van der Waals surface area contributed by atoms with Crippen LogP contribution in [0, 0.1) is 0 Å². The Kier molecular flexibility index (Phi) is 2.57. The average molecular weight is 235 g/mol. The first kappa shape index (κ1) is 10.6. The molecule has 3 rings (SSSR count). The molecule has 0 bridgehead atoms. The van der Waals surface area contributed by atoms with Gasteiger partial charge in [0.25, 0.3) is 0 Å². The molecular formula is C15H13N3. The molecule has 0 unspecified atom stereocenters. The van der Waals surface area contributed by atoms with E-state index in [4.69, 9.17) is 5.73 Å². The zero-order valence-corrected chi connectivity index (χ0v) is 9.80. The van der Waals surface area contributed by atoms with Crippen molar-refractivity contribution >= 4 is 5.82 Å². The summed E-state index contributed by atoms with van der Waals surface area (Å²) >= 11 is 0. The molecule has 1 aromatic heterocycles. The molecule has 88 valence electrons. The van der Waals surface area contributed by atoms with Gasteiger partial charge in [-0.25, -0.2) is 4.98 Å². The number of anilines is 1. The van der Waals surface area contributed by atoms with Crippen molar-refractivity contribution in [2.24, 2.45) is 0 Å². The normalized spacial score (nSPS) is 10.4. The van der Waals surface area contributed by atoms with E-state index in [9.17, 15) is 0 Å². The SMILES string of the molecule is Nc1c[nH]c(-c2ccccc2-c2ccccc2)n1. The van der Waals surface area contributed by atoms with Gasteiger partial charge in [0.05, 0.1) is 0 Å². The van der Waals surface area contributed by atoms with Crippen LogP contribution in [-0.2, 0) is 0 Å². The second-order valence-electron chi connectivity index (χ2n) is 4.09. The van der Waals surface area contributed by atoms with Crippen molar-refractivity contribution in [2.75, 3.05) is 5.73 Å². The monoisotopic (exact) mass is 235 g/mol. The Balaban J connectivity index is 2.17. The fourth-order valence-corrected chi connectivity index (χ4v) is 2.03. The summed E-state index contributed by atoms with van der Waals surface area (Å²) in [4.78, 5) is 7.39. The molecule has 0 spiro atoms. The summed E-state index contributed by atoms with van der Waals surface area (Å²) in [6.45, 7) is 0. The highest BCUT2D eigenvalue weighted by atomic mass is 15.0. The van der Waals surface area contributed by atoms with Crippen molar-refractivity contribution in [3.05, 3.63) is 60.8 Å². The van der Waals surface area contributed by atoms with Gasteiger partial charge in [-0.15, -0.1) is 0 Å². The van der Waals surface area contributed by atoms with E-state index in [1.807, 2.05) is 36.4 Å². The largest absolute Gasteiger partial charge is 0.382 e. The van der Waals surface area contributed by atoms with Crippen molar-refractivity contribution < 1.29 is 0 Å². The number of rotatable bonds is 2. The van der Waals surface area contributed by atoms with E-state index in [1.165, 1.54) is 5.56 Å². The highest BCUT2D eigenvalue weighted by Crippen LogP contribution is 2.30. The summed E-state index contributed by atoms with van der Waals surface area (Å²) in [5.41, 5.74) is 9.03. The van der Waals surface area contributed by atoms with Gasteiger partial charge in [0, 0.05) is 11.8 Å². The third-order valence-electron chi connectivity index (χ3n) is 2.86. The molecule has 0 saturated heterocycles. The molecule has 18 heavy (non-hydrogen) atoms. The molecule has 0 amide bonds. The molecule has 0 aliphatic carbocycles. The number of H-pyrrole nitrogens is 1. The molecule has 1 heterocycles. The molecule has 0 atom stereocenters. The Morgan fingerprint density at radius 3 is 2.17 bits per heavy atom. The van der Waals surface area contributed by atoms with Crippen molar-refractivity contribution in [1.29, 1.82) is 0 Å². The number of nitrogen functional groups attached to an aromatic ring is 1. The van der Waals surface area contributed by atoms with Crippen molar-refractivity contribution in [3.8, 4) is 22.5 Å². The van der Waals surface area contributed by atoms with Gasteiger partial charge in [-0.1, -0.05) is 54.6 Å². The van der Waals surface area contributed by atoms with Crippen LogP contribution in [0.1, 0.15) is 0 Å². The number of hydrogen-bond acceptors (Lipinski definition) is 2. The topological polar surface area (TPSA) is 54.7 Å². The lowest BCUT2D eigenvalue weighted by Crippen LogP contribution is -1.87. The first-order chi connectivity index (χ1) is 8.84. The van der Waals surface area contributed by atoms with E-state index in [-0.39, 0.29) is 0 Å². The quantitative estimate of drug-likeness (QED) is 0.715. The summed E-state index contributed by atoms with van der Waals surface area (Å²) in [7, 11) is 0. The van der Waals surface area contributed by atoms with Crippen LogP contribution in [0.3, 0.4) is 0 Å². The minimum absolute atomic E-state index is 0.507. The third-order valence-corrected chi connectivity index (χ3v) is 2.86. The maximum atomic E-state index is 5.66. The van der Waals surface area contributed by atoms with Gasteiger partial charge < -0.3 is 10.7 Å². The Morgan fingerprint density at radius 2 is 1.50 bits per heavy atom. The molecule has 0 fully saturated rings. The second-order valence-corrected chi connectivity index (χ2v) is 4.09. The first-order valence-electron chi connectivity index (χ1n) is 5.80. The maximum absolute atomic E-state index is 5.66. The van der Waals surface area contributed by atoms with Gasteiger partial charge in [-0.3, -0.25) is 0 Å². The van der Waals surface area contributed by atoms with Crippen LogP contribution >= 0.6 is 0 Å². The summed E-state index contributed by atoms with van der Waals surface area (Å²) in [6, 6.07) is 18.4. The van der Waals surface area contributed by atoms with Crippen LogP contribution in [0.15, 0.2) is 60.8 Å². The van der Waals surface area contributed by atoms with E-state index in [1.54, 1.807) is 6.20 Å². The van der Waals surface area contributed by atoms with Gasteiger partial charge in [0.15, 0.2) is 0 Å². The number of nitrogens with zero attached hydrogens (tertiary/aromatic N) is 1. The van der Waals surface area contributed by atoms with E-state index >= 15 is 0 Å². The fraction of sp³-hybridized carbons (Fsp3) is 0. The maximum Gasteiger partial charge on any atom is 0.142 e. The summed E-state index contributed by atoms with van der Waals surface area (Å²) in [6.07, 6.45) is 1.71. The lowest BCUT2D eigenvalue weighted by Gasteiger charge is -2.07. The average Bonchev–Trinajstić information content (AvgIpc) is 2.86. The molecule has 0 aliphatic heterocycles. The Hall–Kier alpha value is -2.55. The van der Waals surface area contributed by atoms with E-state index in [0.29, 0.717) is 5.82 Å². The molecule has 0 aliphatic rings. The van der Waals surface area contributed by atoms with Gasteiger partial charge in [-0.2, -0.15) is 0 Å². The third kappa shape index (κ3) is 1.86. The molecule has 3 N–H and O–H groups in total. The highest BCUT2D eigenvalue weighted by Gasteiger charge is 2.08. The Labute approximate surface area is 105 Å². The molecular weight excluding hydrogens is 222 g/mol. The number of aromatic nitrogens is 2. The standard InChI is InChI=1S/C15H13N3/c16-14-10-17-15(18-14)13-9-5-4-8-12(13)11-6-2-1-3-7-11/h1-10H,16H2,(H,17,18). The van der Waals surface area contributed by atoms with Crippen LogP contribution in [0.4, 0.5) is 5.82 Å². The van der Waals surface area contributed by atoms with Crippen molar-refractivity contribution in [1.82, 2.24) is 9.97 Å². The lowest BCUT2D eigenvalue weighted by atomic mass is 9.99. The highest BCUT2D eigenvalue weighted by molar-refractivity contribution is 5.80. The summed E-state index contributed by atoms with van der Waals surface area (Å²) in [5.74, 6) is 1.31. The van der Waals surface area contributed by atoms with Crippen LogP contribution in [0.25, 0.3) is 22.5 Å². The van der Waals surface area contributed by atoms with Gasteiger partial charge >= 0.3 is 0 Å². The van der Waals surface area contributed by atoms with E-state index < -0.39 is 0 Å². The molecule has 2 aromatic carbocycles. The summed E-state index contributed by atoms with van der Waals surface area (Å²) < 4.78 is 0. The molecule has 0 radical (unpaired) electrons. The minimum atomic E-state index is 0.507. The minimum Gasteiger partial charge on any atom is -0.382 e. The fourth-order valence-electron chi connectivity index (χ4n) is 2.03. The number of hydrogen-bond donors (Lipinski definition) is 2. The number of imidazole rings is 1. The summed E-state index contributed by atoms with van der Waals surface area (Å²) in [5, 5.41) is 0. The number of nitrogens with two attached hydrogens (primary N) is 1. The van der Waals surface area contributed by atoms with Crippen molar-refractivity contribution in [3.63, 3.8) is 0 Å². The predicted molar refractivity (Wildman–Crippen MR) is 73.9 cm³/mol. The molecule has 3 aromatic rings. The van der Waals surface area contributed by atoms with Gasteiger partial charge in [0.2, 0.25) is 0 Å². The smallest absolute Gasteiger partial charge is 0.142 e. The first-order valence-corrected chi connectivity index (χ1v) is 5.80.